The first-order chi connectivity index (χ1) is 8.74. The molecular formula is C14H15N3O. The van der Waals surface area contributed by atoms with Gasteiger partial charge in [0.15, 0.2) is 0 Å². The topological polar surface area (TPSA) is 59.5 Å². The lowest BCUT2D eigenvalue weighted by atomic mass is 10.0. The summed E-state index contributed by atoms with van der Waals surface area (Å²) in [5.41, 5.74) is 9.41. The molecule has 4 heteroatoms. The summed E-state index contributed by atoms with van der Waals surface area (Å²) in [6.45, 7) is 1.94. The number of rotatable bonds is 2. The second-order valence-corrected chi connectivity index (χ2v) is 4.52. The van der Waals surface area contributed by atoms with E-state index >= 15 is 0 Å². The highest BCUT2D eigenvalue weighted by molar-refractivity contribution is 5.94. The number of nitrogens with one attached hydrogen (secondary N) is 1. The molecule has 0 saturated heterocycles. The molecule has 0 aliphatic carbocycles. The minimum Gasteiger partial charge on any atom is -0.366 e. The van der Waals surface area contributed by atoms with Gasteiger partial charge in [0.05, 0.1) is 0 Å². The molecule has 2 aromatic heterocycles. The number of nitrogens with two attached hydrogens (primary N) is 1. The first kappa shape index (κ1) is 11.0. The molecule has 2 aromatic rings. The van der Waals surface area contributed by atoms with Crippen LogP contribution in [-0.2, 0) is 0 Å². The molecule has 1 amide bonds. The van der Waals surface area contributed by atoms with Crippen molar-refractivity contribution in [1.82, 2.24) is 9.72 Å². The van der Waals surface area contributed by atoms with Gasteiger partial charge in [0.25, 0.3) is 0 Å². The Morgan fingerprint density at radius 1 is 1.39 bits per heavy atom. The fourth-order valence-corrected chi connectivity index (χ4v) is 2.32. The van der Waals surface area contributed by atoms with Crippen molar-refractivity contribution in [2.75, 3.05) is 13.1 Å². The van der Waals surface area contributed by atoms with E-state index in [0.29, 0.717) is 5.56 Å². The molecule has 0 radical (unpaired) electrons. The Balaban J connectivity index is 2.05. The maximum absolute atomic E-state index is 11.1. The molecular weight excluding hydrogens is 226 g/mol. The van der Waals surface area contributed by atoms with E-state index in [1.54, 1.807) is 6.07 Å². The summed E-state index contributed by atoms with van der Waals surface area (Å²) in [6, 6.07) is 5.67. The molecule has 0 fully saturated rings. The van der Waals surface area contributed by atoms with Gasteiger partial charge in [0.1, 0.15) is 0 Å². The summed E-state index contributed by atoms with van der Waals surface area (Å²) in [5.74, 6) is -0.388. The van der Waals surface area contributed by atoms with E-state index in [0.717, 1.165) is 25.0 Å². The van der Waals surface area contributed by atoms with Crippen molar-refractivity contribution in [2.24, 2.45) is 5.73 Å². The zero-order chi connectivity index (χ0) is 12.5. The van der Waals surface area contributed by atoms with E-state index in [-0.39, 0.29) is 5.91 Å². The molecule has 4 nitrogen and oxygen atoms in total. The van der Waals surface area contributed by atoms with Gasteiger partial charge in [-0.25, -0.2) is 0 Å². The van der Waals surface area contributed by atoms with E-state index in [1.807, 2.05) is 16.7 Å². The van der Waals surface area contributed by atoms with Crippen LogP contribution >= 0.6 is 0 Å². The monoisotopic (exact) mass is 241 g/mol. The van der Waals surface area contributed by atoms with Gasteiger partial charge in [-0.1, -0.05) is 6.08 Å². The Morgan fingerprint density at radius 2 is 2.28 bits per heavy atom. The molecule has 0 aromatic carbocycles. The predicted octanol–water partition coefficient (Wildman–Crippen LogP) is 1.41. The van der Waals surface area contributed by atoms with E-state index in [9.17, 15) is 4.79 Å². The number of nitrogens with zero attached hydrogens (tertiary/aromatic N) is 1. The lowest BCUT2D eigenvalue weighted by Crippen LogP contribution is -2.19. The van der Waals surface area contributed by atoms with Gasteiger partial charge in [0, 0.05) is 30.0 Å². The van der Waals surface area contributed by atoms with Gasteiger partial charge in [0.2, 0.25) is 5.91 Å². The Kier molecular flexibility index (Phi) is 2.64. The summed E-state index contributed by atoms with van der Waals surface area (Å²) in [7, 11) is 0. The van der Waals surface area contributed by atoms with Crippen molar-refractivity contribution in [2.45, 2.75) is 6.42 Å². The molecule has 0 atom stereocenters. The molecule has 3 rings (SSSR count). The minimum absolute atomic E-state index is 0.388. The van der Waals surface area contributed by atoms with Crippen molar-refractivity contribution in [1.29, 1.82) is 0 Å². The normalized spacial score (nSPS) is 15.7. The van der Waals surface area contributed by atoms with Crippen LogP contribution in [0.5, 0.6) is 0 Å². The number of hydrogen-bond acceptors (Lipinski definition) is 2. The fraction of sp³-hybridized carbons (Fsp3) is 0.214. The summed E-state index contributed by atoms with van der Waals surface area (Å²) in [4.78, 5) is 11.1. The Morgan fingerprint density at radius 3 is 3.00 bits per heavy atom. The maximum Gasteiger partial charge on any atom is 0.248 e. The van der Waals surface area contributed by atoms with Crippen LogP contribution in [0.2, 0.25) is 0 Å². The average Bonchev–Trinajstić information content (AvgIpc) is 2.82. The average molecular weight is 241 g/mol. The molecule has 0 saturated carbocycles. The van der Waals surface area contributed by atoms with Gasteiger partial charge < -0.3 is 15.5 Å². The molecule has 0 unspecified atom stereocenters. The molecule has 3 N–H and O–H groups in total. The molecule has 1 aliphatic heterocycles. The number of pyridine rings is 1. The number of hydrogen-bond donors (Lipinski definition) is 2. The van der Waals surface area contributed by atoms with Crippen LogP contribution in [0.3, 0.4) is 0 Å². The maximum atomic E-state index is 11.1. The van der Waals surface area contributed by atoms with Crippen LogP contribution in [0.4, 0.5) is 0 Å². The van der Waals surface area contributed by atoms with Crippen LogP contribution in [0.15, 0.2) is 36.7 Å². The lowest BCUT2D eigenvalue weighted by Gasteiger charge is -2.12. The third-order valence-electron chi connectivity index (χ3n) is 3.32. The largest absolute Gasteiger partial charge is 0.366 e. The Bertz CT molecular complexity index is 640. The van der Waals surface area contributed by atoms with Gasteiger partial charge in [-0.3, -0.25) is 4.79 Å². The van der Waals surface area contributed by atoms with Crippen LogP contribution in [0.25, 0.3) is 11.1 Å². The van der Waals surface area contributed by atoms with E-state index in [2.05, 4.69) is 23.7 Å². The number of aromatic nitrogens is 1. The number of primary amides is 1. The zero-order valence-electron chi connectivity index (χ0n) is 10.0. The highest BCUT2D eigenvalue weighted by Crippen LogP contribution is 2.23. The van der Waals surface area contributed by atoms with Crippen molar-refractivity contribution in [3.63, 3.8) is 0 Å². The second kappa shape index (κ2) is 4.31. The van der Waals surface area contributed by atoms with Crippen LogP contribution in [0.1, 0.15) is 22.3 Å². The molecule has 1 aliphatic rings. The molecule has 18 heavy (non-hydrogen) atoms. The zero-order valence-corrected chi connectivity index (χ0v) is 10.0. The van der Waals surface area contributed by atoms with Crippen LogP contribution in [-0.4, -0.2) is 23.4 Å². The van der Waals surface area contributed by atoms with Crippen LogP contribution < -0.4 is 11.1 Å². The number of amides is 1. The fourth-order valence-electron chi connectivity index (χ4n) is 2.32. The van der Waals surface area contributed by atoms with Crippen molar-refractivity contribution in [3.05, 3.63) is 47.8 Å². The Labute approximate surface area is 105 Å². The number of carbonyl (C=O) groups is 1. The molecule has 3 heterocycles. The van der Waals surface area contributed by atoms with E-state index in [1.165, 1.54) is 11.1 Å². The molecule has 0 spiro atoms. The van der Waals surface area contributed by atoms with Crippen molar-refractivity contribution < 1.29 is 4.79 Å². The first-order valence-electron chi connectivity index (χ1n) is 6.06. The van der Waals surface area contributed by atoms with Gasteiger partial charge in [-0.15, -0.1) is 0 Å². The lowest BCUT2D eigenvalue weighted by molar-refractivity contribution is 0.100. The van der Waals surface area contributed by atoms with E-state index < -0.39 is 0 Å². The number of fused-ring (bicyclic) bond motifs is 1. The van der Waals surface area contributed by atoms with Crippen LogP contribution in [0, 0.1) is 0 Å². The van der Waals surface area contributed by atoms with Gasteiger partial charge in [-0.2, -0.15) is 0 Å². The highest BCUT2D eigenvalue weighted by Gasteiger charge is 2.09. The van der Waals surface area contributed by atoms with Crippen molar-refractivity contribution in [3.8, 4) is 0 Å². The third kappa shape index (κ3) is 1.91. The third-order valence-corrected chi connectivity index (χ3v) is 3.32. The van der Waals surface area contributed by atoms with Gasteiger partial charge in [-0.05, 0) is 42.3 Å². The summed E-state index contributed by atoms with van der Waals surface area (Å²) in [6.07, 6.45) is 7.23. The quantitative estimate of drug-likeness (QED) is 0.835. The molecule has 92 valence electrons. The SMILES string of the molecule is NC(=O)c1ccn2cc(C3=CCNCC3)cc2c1. The van der Waals surface area contributed by atoms with E-state index in [4.69, 9.17) is 5.73 Å². The standard InChI is InChI=1S/C14H15N3O/c15-14(18)11-3-6-17-9-12(8-13(17)7-11)10-1-4-16-5-2-10/h1,3,6-9,16H,2,4-5H2,(H2,15,18). The van der Waals surface area contributed by atoms with Crippen molar-refractivity contribution >= 4 is 17.0 Å². The smallest absolute Gasteiger partial charge is 0.248 e. The summed E-state index contributed by atoms with van der Waals surface area (Å²) in [5, 5.41) is 3.30. The minimum atomic E-state index is -0.388. The summed E-state index contributed by atoms with van der Waals surface area (Å²) < 4.78 is 2.02. The second-order valence-electron chi connectivity index (χ2n) is 4.52. The highest BCUT2D eigenvalue weighted by atomic mass is 16.1. The first-order valence-corrected chi connectivity index (χ1v) is 6.06. The predicted molar refractivity (Wildman–Crippen MR) is 71.4 cm³/mol. The Hall–Kier alpha value is -2.07. The van der Waals surface area contributed by atoms with Gasteiger partial charge >= 0.3 is 0 Å². The number of carbonyl (C=O) groups excluding carboxylic acids is 1. The molecule has 0 bridgehead atoms. The summed E-state index contributed by atoms with van der Waals surface area (Å²) >= 11 is 0.